The molecule has 36 heavy (non-hydrogen) atoms. The summed E-state index contributed by atoms with van der Waals surface area (Å²) in [6.45, 7) is 2.64. The summed E-state index contributed by atoms with van der Waals surface area (Å²) in [6.07, 6.45) is 1.91. The summed E-state index contributed by atoms with van der Waals surface area (Å²) >= 11 is 6.63. The van der Waals surface area contributed by atoms with Gasteiger partial charge in [-0.05, 0) is 40.0 Å². The summed E-state index contributed by atoms with van der Waals surface area (Å²) in [4.78, 5) is 4.66. The number of aromatic nitrogens is 6. The number of aryl methyl sites for hydroxylation is 1. The number of hydrogen-bond acceptors (Lipinski definition) is 5. The molecule has 0 aliphatic heterocycles. The number of rotatable bonds is 9. The standard InChI is InChI=1S/C28H27ClN6O/c1-2-3-14-24-30-27(29)25(26(36)21-12-8-5-9-13-21)35(24)18-19-15-16-22(20-10-6-4-7-11-20)23(17-19)28-31-33-34-32-28/h4-13,15-17,26,36H,2-3,14,18H2,1H3,(H,31,32,33,34). The maximum absolute atomic E-state index is 11.3. The van der Waals surface area contributed by atoms with Crippen molar-refractivity contribution in [2.75, 3.05) is 0 Å². The summed E-state index contributed by atoms with van der Waals surface area (Å²) in [7, 11) is 0. The zero-order valence-electron chi connectivity index (χ0n) is 20.0. The second-order valence-corrected chi connectivity index (χ2v) is 9.05. The Balaban J connectivity index is 1.59. The van der Waals surface area contributed by atoms with Crippen LogP contribution < -0.4 is 0 Å². The number of H-pyrrole nitrogens is 1. The second-order valence-electron chi connectivity index (χ2n) is 8.69. The first kappa shape index (κ1) is 23.9. The van der Waals surface area contributed by atoms with Gasteiger partial charge < -0.3 is 9.67 Å². The van der Waals surface area contributed by atoms with E-state index in [4.69, 9.17) is 11.6 Å². The highest BCUT2D eigenvalue weighted by atomic mass is 35.5. The predicted molar refractivity (Wildman–Crippen MR) is 141 cm³/mol. The highest BCUT2D eigenvalue weighted by Crippen LogP contribution is 2.33. The molecule has 0 radical (unpaired) electrons. The van der Waals surface area contributed by atoms with Gasteiger partial charge in [0.2, 0.25) is 5.82 Å². The first-order valence-electron chi connectivity index (χ1n) is 12.1. The van der Waals surface area contributed by atoms with Crippen molar-refractivity contribution in [1.29, 1.82) is 0 Å². The first-order valence-corrected chi connectivity index (χ1v) is 12.4. The first-order chi connectivity index (χ1) is 17.7. The maximum Gasteiger partial charge on any atom is 0.205 e. The summed E-state index contributed by atoms with van der Waals surface area (Å²) in [5.41, 5.74) is 5.34. The van der Waals surface area contributed by atoms with Gasteiger partial charge in [0.15, 0.2) is 5.15 Å². The normalized spacial score (nSPS) is 12.1. The average molecular weight is 499 g/mol. The van der Waals surface area contributed by atoms with Crippen molar-refractivity contribution in [3.05, 3.63) is 107 Å². The Morgan fingerprint density at radius 1 is 0.972 bits per heavy atom. The van der Waals surface area contributed by atoms with Gasteiger partial charge in [-0.2, -0.15) is 5.21 Å². The van der Waals surface area contributed by atoms with Crippen molar-refractivity contribution in [2.45, 2.75) is 38.8 Å². The number of aromatic amines is 1. The van der Waals surface area contributed by atoms with Gasteiger partial charge >= 0.3 is 0 Å². The Kier molecular flexibility index (Phi) is 7.21. The molecule has 7 nitrogen and oxygen atoms in total. The molecule has 0 saturated carbocycles. The molecule has 5 rings (SSSR count). The molecule has 5 aromatic rings. The highest BCUT2D eigenvalue weighted by Gasteiger charge is 2.24. The van der Waals surface area contributed by atoms with Gasteiger partial charge in [-0.3, -0.25) is 0 Å². The Morgan fingerprint density at radius 3 is 2.42 bits per heavy atom. The van der Waals surface area contributed by atoms with Gasteiger partial charge in [-0.15, -0.1) is 10.2 Å². The molecule has 8 heteroatoms. The number of nitrogens with one attached hydrogen (secondary N) is 1. The van der Waals surface area contributed by atoms with E-state index in [9.17, 15) is 5.11 Å². The van der Waals surface area contributed by atoms with E-state index < -0.39 is 6.10 Å². The van der Waals surface area contributed by atoms with Crippen molar-refractivity contribution in [2.24, 2.45) is 0 Å². The van der Waals surface area contributed by atoms with Crippen molar-refractivity contribution in [3.8, 4) is 22.5 Å². The van der Waals surface area contributed by atoms with Crippen LogP contribution in [0.5, 0.6) is 0 Å². The van der Waals surface area contributed by atoms with Crippen molar-refractivity contribution < 1.29 is 5.11 Å². The number of hydrogen-bond donors (Lipinski definition) is 2. The third-order valence-electron chi connectivity index (χ3n) is 6.26. The van der Waals surface area contributed by atoms with E-state index >= 15 is 0 Å². The summed E-state index contributed by atoms with van der Waals surface area (Å²) < 4.78 is 2.05. The van der Waals surface area contributed by atoms with E-state index in [1.807, 2.05) is 53.1 Å². The molecule has 182 valence electrons. The Labute approximate surface area is 214 Å². The molecule has 0 bridgehead atoms. The number of benzene rings is 3. The lowest BCUT2D eigenvalue weighted by atomic mass is 9.97. The van der Waals surface area contributed by atoms with E-state index in [2.05, 4.69) is 62.9 Å². The fourth-order valence-corrected chi connectivity index (χ4v) is 4.74. The Morgan fingerprint density at radius 2 is 1.72 bits per heavy atom. The fraction of sp³-hybridized carbons (Fsp3) is 0.214. The summed E-state index contributed by atoms with van der Waals surface area (Å²) in [6, 6.07) is 25.9. The average Bonchev–Trinajstić information content (AvgIpc) is 3.56. The molecule has 0 aliphatic rings. The largest absolute Gasteiger partial charge is 0.382 e. The molecular weight excluding hydrogens is 472 g/mol. The summed E-state index contributed by atoms with van der Waals surface area (Å²) in [5, 5.41) is 26.4. The van der Waals surface area contributed by atoms with Crippen LogP contribution >= 0.6 is 11.6 Å². The number of tetrazole rings is 1. The number of nitrogens with zero attached hydrogens (tertiary/aromatic N) is 5. The van der Waals surface area contributed by atoms with Gasteiger partial charge in [-0.1, -0.05) is 97.7 Å². The minimum Gasteiger partial charge on any atom is -0.382 e. The van der Waals surface area contributed by atoms with Crippen LogP contribution in [0, 0.1) is 0 Å². The van der Waals surface area contributed by atoms with Gasteiger partial charge in [0.25, 0.3) is 0 Å². The number of imidazole rings is 1. The van der Waals surface area contributed by atoms with Gasteiger partial charge in [0, 0.05) is 18.5 Å². The topological polar surface area (TPSA) is 92.5 Å². The molecule has 2 heterocycles. The van der Waals surface area contributed by atoms with E-state index in [-0.39, 0.29) is 0 Å². The number of aliphatic hydroxyl groups excluding tert-OH is 1. The highest BCUT2D eigenvalue weighted by molar-refractivity contribution is 6.30. The van der Waals surface area contributed by atoms with Crippen molar-refractivity contribution >= 4 is 11.6 Å². The molecule has 0 amide bonds. The number of unbranched alkanes of at least 4 members (excludes halogenated alkanes) is 1. The maximum atomic E-state index is 11.3. The zero-order valence-corrected chi connectivity index (χ0v) is 20.7. The second kappa shape index (κ2) is 10.8. The lowest BCUT2D eigenvalue weighted by Crippen LogP contribution is -2.13. The lowest BCUT2D eigenvalue weighted by molar-refractivity contribution is 0.210. The molecule has 1 unspecified atom stereocenters. The third-order valence-corrected chi connectivity index (χ3v) is 6.54. The third kappa shape index (κ3) is 4.94. The molecule has 0 fully saturated rings. The van der Waals surface area contributed by atoms with E-state index in [1.165, 1.54) is 0 Å². The predicted octanol–water partition coefficient (Wildman–Crippen LogP) is 5.86. The summed E-state index contributed by atoms with van der Waals surface area (Å²) in [5.74, 6) is 1.38. The van der Waals surface area contributed by atoms with Crippen LogP contribution in [0.2, 0.25) is 5.15 Å². The van der Waals surface area contributed by atoms with E-state index in [0.717, 1.165) is 52.9 Å². The SMILES string of the molecule is CCCCc1nc(Cl)c(C(O)c2ccccc2)n1Cc1ccc(-c2ccccc2)c(-c2nn[nH]n2)c1. The van der Waals surface area contributed by atoms with Gasteiger partial charge in [0.05, 0.1) is 5.69 Å². The molecule has 3 aromatic carbocycles. The quantitative estimate of drug-likeness (QED) is 0.265. The molecule has 1 atom stereocenters. The van der Waals surface area contributed by atoms with Crippen LogP contribution in [0.15, 0.2) is 78.9 Å². The Hall–Kier alpha value is -3.81. The number of aliphatic hydroxyl groups is 1. The minimum atomic E-state index is -0.887. The van der Waals surface area contributed by atoms with Crippen molar-refractivity contribution in [1.82, 2.24) is 30.2 Å². The van der Waals surface area contributed by atoms with Crippen LogP contribution in [0.3, 0.4) is 0 Å². The number of halogens is 1. The van der Waals surface area contributed by atoms with Crippen LogP contribution in [-0.4, -0.2) is 35.3 Å². The molecule has 0 aliphatic carbocycles. The monoisotopic (exact) mass is 498 g/mol. The van der Waals surface area contributed by atoms with E-state index in [0.29, 0.717) is 23.2 Å². The zero-order chi connectivity index (χ0) is 24.9. The van der Waals surface area contributed by atoms with Crippen molar-refractivity contribution in [3.63, 3.8) is 0 Å². The molecule has 0 spiro atoms. The lowest BCUT2D eigenvalue weighted by Gasteiger charge is -2.18. The Bertz CT molecular complexity index is 1420. The molecular formula is C28H27ClN6O. The molecule has 2 N–H and O–H groups in total. The van der Waals surface area contributed by atoms with Crippen LogP contribution in [-0.2, 0) is 13.0 Å². The van der Waals surface area contributed by atoms with Crippen LogP contribution in [0.25, 0.3) is 22.5 Å². The van der Waals surface area contributed by atoms with Crippen LogP contribution in [0.1, 0.15) is 48.5 Å². The fourth-order valence-electron chi connectivity index (χ4n) is 4.44. The molecule has 2 aromatic heterocycles. The van der Waals surface area contributed by atoms with Crippen LogP contribution in [0.4, 0.5) is 0 Å². The molecule has 0 saturated heterocycles. The van der Waals surface area contributed by atoms with Gasteiger partial charge in [-0.25, -0.2) is 4.98 Å². The van der Waals surface area contributed by atoms with Gasteiger partial charge in [0.1, 0.15) is 11.9 Å². The minimum absolute atomic E-state index is 0.330. The smallest absolute Gasteiger partial charge is 0.205 e. The van der Waals surface area contributed by atoms with E-state index in [1.54, 1.807) is 0 Å².